The number of hydrogen-bond donors (Lipinski definition) is 2. The lowest BCUT2D eigenvalue weighted by atomic mass is 9.99. The second kappa shape index (κ2) is 5.45. The van der Waals surface area contributed by atoms with E-state index in [1.54, 1.807) is 12.4 Å². The van der Waals surface area contributed by atoms with Crippen LogP contribution in [0.1, 0.15) is 22.5 Å². The van der Waals surface area contributed by atoms with Crippen LogP contribution in [0.5, 0.6) is 0 Å². The van der Waals surface area contributed by atoms with Gasteiger partial charge < -0.3 is 10.3 Å². The molecule has 0 fully saturated rings. The number of nitrogens with zero attached hydrogens (tertiary/aromatic N) is 2. The Balaban J connectivity index is 1.86. The molecule has 2 aromatic heterocycles. The molecule has 0 saturated heterocycles. The van der Waals surface area contributed by atoms with Crippen molar-refractivity contribution >= 4 is 23.2 Å². The maximum atomic E-state index is 12.5. The van der Waals surface area contributed by atoms with Gasteiger partial charge in [-0.05, 0) is 31.6 Å². The normalized spacial score (nSPS) is 14.8. The maximum absolute atomic E-state index is 12.5. The van der Waals surface area contributed by atoms with E-state index >= 15 is 0 Å². The molecular weight excluding hydrogens is 300 g/mol. The summed E-state index contributed by atoms with van der Waals surface area (Å²) in [6.07, 6.45) is 6.89. The lowest BCUT2D eigenvalue weighted by Crippen LogP contribution is -2.04. The van der Waals surface area contributed by atoms with E-state index in [1.807, 2.05) is 38.1 Å². The maximum Gasteiger partial charge on any atom is 0.256 e. The minimum absolute atomic E-state index is 0.0963. The Kier molecular flexibility index (Phi) is 3.27. The first-order chi connectivity index (χ1) is 11.6. The van der Waals surface area contributed by atoms with E-state index in [0.717, 1.165) is 39.3 Å². The van der Waals surface area contributed by atoms with Gasteiger partial charge in [0.2, 0.25) is 0 Å². The molecule has 5 nitrogen and oxygen atoms in total. The van der Waals surface area contributed by atoms with Crippen molar-refractivity contribution in [3.8, 4) is 11.1 Å². The van der Waals surface area contributed by atoms with Gasteiger partial charge in [-0.15, -0.1) is 0 Å². The molecule has 24 heavy (non-hydrogen) atoms. The lowest BCUT2D eigenvalue weighted by Gasteiger charge is -2.06. The van der Waals surface area contributed by atoms with Crippen molar-refractivity contribution in [2.24, 2.45) is 0 Å². The molecule has 1 aliphatic rings. The summed E-state index contributed by atoms with van der Waals surface area (Å²) >= 11 is 0. The van der Waals surface area contributed by atoms with Crippen molar-refractivity contribution in [1.29, 1.82) is 0 Å². The standard InChI is InChI=1S/C19H16N4O/c1-11-6-12(2)22-17(11)7-16-15-5-3-4-14(18(15)23-19(16)24)13-8-20-10-21-9-13/h3-10,22H,1-2H3,(H,23,24)/b16-7-. The molecule has 0 atom stereocenters. The molecular formula is C19H16N4O. The first-order valence-corrected chi connectivity index (χ1v) is 7.71. The number of hydrogen-bond acceptors (Lipinski definition) is 3. The van der Waals surface area contributed by atoms with E-state index in [4.69, 9.17) is 0 Å². The Morgan fingerprint density at radius 2 is 1.83 bits per heavy atom. The summed E-state index contributed by atoms with van der Waals surface area (Å²) in [6, 6.07) is 7.93. The Hall–Kier alpha value is -3.21. The van der Waals surface area contributed by atoms with E-state index in [1.165, 1.54) is 6.33 Å². The predicted octanol–water partition coefficient (Wildman–Crippen LogP) is 3.58. The molecule has 118 valence electrons. The molecule has 3 aromatic rings. The number of aryl methyl sites for hydroxylation is 2. The van der Waals surface area contributed by atoms with Gasteiger partial charge in [-0.25, -0.2) is 9.97 Å². The molecule has 3 heterocycles. The summed E-state index contributed by atoms with van der Waals surface area (Å²) in [6.45, 7) is 4.03. The van der Waals surface area contributed by atoms with Crippen molar-refractivity contribution in [2.75, 3.05) is 5.32 Å². The molecule has 1 amide bonds. The van der Waals surface area contributed by atoms with Crippen LogP contribution < -0.4 is 5.32 Å². The zero-order valence-corrected chi connectivity index (χ0v) is 13.4. The van der Waals surface area contributed by atoms with Crippen molar-refractivity contribution in [3.63, 3.8) is 0 Å². The van der Waals surface area contributed by atoms with Gasteiger partial charge in [0, 0.05) is 40.5 Å². The largest absolute Gasteiger partial charge is 0.359 e. The van der Waals surface area contributed by atoms with Crippen LogP contribution in [-0.2, 0) is 4.79 Å². The Morgan fingerprint density at radius 1 is 1.08 bits per heavy atom. The van der Waals surface area contributed by atoms with Crippen LogP contribution in [0, 0.1) is 13.8 Å². The molecule has 0 spiro atoms. The van der Waals surface area contributed by atoms with Gasteiger partial charge in [-0.2, -0.15) is 0 Å². The fraction of sp³-hybridized carbons (Fsp3) is 0.105. The van der Waals surface area contributed by atoms with E-state index in [-0.39, 0.29) is 5.91 Å². The van der Waals surface area contributed by atoms with E-state index in [0.29, 0.717) is 5.57 Å². The molecule has 5 heteroatoms. The highest BCUT2D eigenvalue weighted by molar-refractivity contribution is 6.36. The van der Waals surface area contributed by atoms with Crippen molar-refractivity contribution < 1.29 is 4.79 Å². The SMILES string of the molecule is Cc1cc(C)c(/C=C2\C(=O)Nc3c2cccc3-c2cncnc2)[nH]1. The summed E-state index contributed by atoms with van der Waals surface area (Å²) in [5, 5.41) is 2.98. The summed E-state index contributed by atoms with van der Waals surface area (Å²) in [4.78, 5) is 23.9. The van der Waals surface area contributed by atoms with Crippen LogP contribution in [0.25, 0.3) is 22.8 Å². The van der Waals surface area contributed by atoms with Gasteiger partial charge in [-0.1, -0.05) is 18.2 Å². The number of amides is 1. The minimum Gasteiger partial charge on any atom is -0.359 e. The Bertz CT molecular complexity index is 970. The fourth-order valence-corrected chi connectivity index (χ4v) is 3.08. The number of anilines is 1. The highest BCUT2D eigenvalue weighted by Gasteiger charge is 2.27. The third-order valence-electron chi connectivity index (χ3n) is 4.19. The van der Waals surface area contributed by atoms with Crippen LogP contribution in [0.4, 0.5) is 5.69 Å². The second-order valence-electron chi connectivity index (χ2n) is 5.92. The molecule has 4 rings (SSSR count). The summed E-state index contributed by atoms with van der Waals surface area (Å²) in [5.41, 5.74) is 7.32. The van der Waals surface area contributed by atoms with Crippen molar-refractivity contribution in [3.05, 3.63) is 65.5 Å². The van der Waals surface area contributed by atoms with Gasteiger partial charge in [0.05, 0.1) is 11.3 Å². The van der Waals surface area contributed by atoms with Crippen LogP contribution in [0.3, 0.4) is 0 Å². The van der Waals surface area contributed by atoms with Crippen molar-refractivity contribution in [2.45, 2.75) is 13.8 Å². The van der Waals surface area contributed by atoms with Crippen LogP contribution in [0.15, 0.2) is 43.0 Å². The highest BCUT2D eigenvalue weighted by atomic mass is 16.2. The summed E-state index contributed by atoms with van der Waals surface area (Å²) < 4.78 is 0. The number of carbonyl (C=O) groups excluding carboxylic acids is 1. The van der Waals surface area contributed by atoms with E-state index in [9.17, 15) is 4.79 Å². The summed E-state index contributed by atoms with van der Waals surface area (Å²) in [7, 11) is 0. The summed E-state index contributed by atoms with van der Waals surface area (Å²) in [5.74, 6) is -0.0963. The van der Waals surface area contributed by atoms with Gasteiger partial charge in [-0.3, -0.25) is 4.79 Å². The van der Waals surface area contributed by atoms with Gasteiger partial charge in [0.15, 0.2) is 0 Å². The number of aromatic amines is 1. The quantitative estimate of drug-likeness (QED) is 0.710. The van der Waals surface area contributed by atoms with Crippen molar-refractivity contribution in [1.82, 2.24) is 15.0 Å². The smallest absolute Gasteiger partial charge is 0.256 e. The Labute approximate surface area is 139 Å². The van der Waals surface area contributed by atoms with E-state index in [2.05, 4.69) is 26.3 Å². The highest BCUT2D eigenvalue weighted by Crippen LogP contribution is 2.40. The third-order valence-corrected chi connectivity index (χ3v) is 4.19. The van der Waals surface area contributed by atoms with Crippen LogP contribution in [0.2, 0.25) is 0 Å². The molecule has 0 unspecified atom stereocenters. The molecule has 2 N–H and O–H groups in total. The molecule has 0 radical (unpaired) electrons. The predicted molar refractivity (Wildman–Crippen MR) is 94.2 cm³/mol. The second-order valence-corrected chi connectivity index (χ2v) is 5.92. The monoisotopic (exact) mass is 316 g/mol. The molecule has 0 bridgehead atoms. The number of H-pyrrole nitrogens is 1. The molecule has 0 saturated carbocycles. The zero-order valence-electron chi connectivity index (χ0n) is 13.4. The topological polar surface area (TPSA) is 70.7 Å². The Morgan fingerprint density at radius 3 is 2.54 bits per heavy atom. The molecule has 1 aromatic carbocycles. The number of aromatic nitrogens is 3. The number of benzene rings is 1. The minimum atomic E-state index is -0.0963. The fourth-order valence-electron chi connectivity index (χ4n) is 3.08. The third kappa shape index (κ3) is 2.31. The first-order valence-electron chi connectivity index (χ1n) is 7.71. The van der Waals surface area contributed by atoms with Crippen LogP contribution >= 0.6 is 0 Å². The van der Waals surface area contributed by atoms with Gasteiger partial charge in [0.25, 0.3) is 5.91 Å². The number of carbonyl (C=O) groups is 1. The molecule has 0 aliphatic carbocycles. The van der Waals surface area contributed by atoms with E-state index < -0.39 is 0 Å². The van der Waals surface area contributed by atoms with Crippen LogP contribution in [-0.4, -0.2) is 20.9 Å². The van der Waals surface area contributed by atoms with Gasteiger partial charge in [0.1, 0.15) is 6.33 Å². The average Bonchev–Trinajstić information content (AvgIpc) is 3.07. The average molecular weight is 316 g/mol. The number of para-hydroxylation sites is 1. The number of rotatable bonds is 2. The van der Waals surface area contributed by atoms with Gasteiger partial charge >= 0.3 is 0 Å². The number of nitrogens with one attached hydrogen (secondary N) is 2. The molecule has 1 aliphatic heterocycles. The zero-order chi connectivity index (χ0) is 16.7. The number of fused-ring (bicyclic) bond motifs is 1. The lowest BCUT2D eigenvalue weighted by molar-refractivity contribution is -0.110. The first kappa shape index (κ1) is 14.4.